The molecular weight excluding hydrogens is 224 g/mol. The quantitative estimate of drug-likeness (QED) is 0.675. The van der Waals surface area contributed by atoms with E-state index in [1.54, 1.807) is 0 Å². The lowest BCUT2D eigenvalue weighted by molar-refractivity contribution is -0.00521. The van der Waals surface area contributed by atoms with E-state index in [-0.39, 0.29) is 0 Å². The molecule has 0 aromatic heterocycles. The number of likely N-dealkylation sites (tertiary alicyclic amines) is 1. The van der Waals surface area contributed by atoms with Crippen LogP contribution in [0.25, 0.3) is 0 Å². The Kier molecular flexibility index (Phi) is 7.87. The van der Waals surface area contributed by atoms with Gasteiger partial charge in [-0.15, -0.1) is 0 Å². The van der Waals surface area contributed by atoms with Gasteiger partial charge in [-0.05, 0) is 57.3 Å². The second kappa shape index (κ2) is 8.89. The standard InChI is InChI=1S/C15H32N2O/c1-13(2)11-16-8-5-6-9-17-10-7-14(3)15(12-17)18-4/h13-16H,5-12H2,1-4H3. The zero-order chi connectivity index (χ0) is 13.4. The van der Waals surface area contributed by atoms with E-state index in [2.05, 4.69) is 31.0 Å². The second-order valence-electron chi connectivity index (χ2n) is 6.15. The van der Waals surface area contributed by atoms with Crippen LogP contribution in [0.15, 0.2) is 0 Å². The van der Waals surface area contributed by atoms with Gasteiger partial charge in [-0.1, -0.05) is 20.8 Å². The number of rotatable bonds is 8. The number of methoxy groups -OCH3 is 1. The van der Waals surface area contributed by atoms with E-state index < -0.39 is 0 Å². The van der Waals surface area contributed by atoms with Crippen molar-refractivity contribution < 1.29 is 4.74 Å². The normalized spacial score (nSPS) is 25.8. The fourth-order valence-electron chi connectivity index (χ4n) is 2.58. The monoisotopic (exact) mass is 256 g/mol. The largest absolute Gasteiger partial charge is 0.380 e. The Balaban J connectivity index is 2.02. The summed E-state index contributed by atoms with van der Waals surface area (Å²) >= 11 is 0. The third-order valence-corrected chi connectivity index (χ3v) is 3.91. The molecule has 18 heavy (non-hydrogen) atoms. The van der Waals surface area contributed by atoms with Gasteiger partial charge in [0.25, 0.3) is 0 Å². The lowest BCUT2D eigenvalue weighted by Crippen LogP contribution is -2.44. The Morgan fingerprint density at radius 1 is 1.33 bits per heavy atom. The van der Waals surface area contributed by atoms with Crippen LogP contribution >= 0.6 is 0 Å². The molecular formula is C15H32N2O. The summed E-state index contributed by atoms with van der Waals surface area (Å²) in [7, 11) is 1.85. The fraction of sp³-hybridized carbons (Fsp3) is 1.00. The van der Waals surface area contributed by atoms with E-state index in [1.165, 1.54) is 32.4 Å². The zero-order valence-corrected chi connectivity index (χ0v) is 12.7. The molecule has 0 radical (unpaired) electrons. The molecule has 3 heteroatoms. The summed E-state index contributed by atoms with van der Waals surface area (Å²) in [5.74, 6) is 1.48. The van der Waals surface area contributed by atoms with Crippen molar-refractivity contribution in [1.82, 2.24) is 10.2 Å². The summed E-state index contributed by atoms with van der Waals surface area (Å²) in [6.45, 7) is 12.7. The molecule has 0 saturated carbocycles. The molecule has 1 aliphatic heterocycles. The lowest BCUT2D eigenvalue weighted by atomic mass is 9.95. The van der Waals surface area contributed by atoms with Crippen LogP contribution in [0.2, 0.25) is 0 Å². The predicted octanol–water partition coefficient (Wildman–Crippen LogP) is 2.37. The maximum Gasteiger partial charge on any atom is 0.0724 e. The van der Waals surface area contributed by atoms with E-state index in [0.29, 0.717) is 6.10 Å². The number of ether oxygens (including phenoxy) is 1. The summed E-state index contributed by atoms with van der Waals surface area (Å²) in [5.41, 5.74) is 0. The van der Waals surface area contributed by atoms with Crippen LogP contribution < -0.4 is 5.32 Å². The average molecular weight is 256 g/mol. The van der Waals surface area contributed by atoms with Crippen molar-refractivity contribution in [2.24, 2.45) is 11.8 Å². The van der Waals surface area contributed by atoms with E-state index in [4.69, 9.17) is 4.74 Å². The number of piperidine rings is 1. The SMILES string of the molecule is COC1CN(CCCCNCC(C)C)CCC1C. The number of hydrogen-bond acceptors (Lipinski definition) is 3. The van der Waals surface area contributed by atoms with Gasteiger partial charge in [0.1, 0.15) is 0 Å². The molecule has 0 aliphatic carbocycles. The summed E-state index contributed by atoms with van der Waals surface area (Å²) in [6, 6.07) is 0. The van der Waals surface area contributed by atoms with Crippen molar-refractivity contribution in [2.75, 3.05) is 39.8 Å². The van der Waals surface area contributed by atoms with Gasteiger partial charge in [0.2, 0.25) is 0 Å². The van der Waals surface area contributed by atoms with Gasteiger partial charge in [0.05, 0.1) is 6.10 Å². The molecule has 1 N–H and O–H groups in total. The molecule has 0 spiro atoms. The molecule has 1 fully saturated rings. The van der Waals surface area contributed by atoms with Crippen LogP contribution in [0, 0.1) is 11.8 Å². The first-order valence-corrected chi connectivity index (χ1v) is 7.59. The summed E-state index contributed by atoms with van der Waals surface area (Å²) in [6.07, 6.45) is 4.31. The third-order valence-electron chi connectivity index (χ3n) is 3.91. The van der Waals surface area contributed by atoms with E-state index in [1.807, 2.05) is 7.11 Å². The zero-order valence-electron chi connectivity index (χ0n) is 12.7. The molecule has 0 amide bonds. The topological polar surface area (TPSA) is 24.5 Å². The van der Waals surface area contributed by atoms with Crippen LogP contribution in [0.4, 0.5) is 0 Å². The fourth-order valence-corrected chi connectivity index (χ4v) is 2.58. The van der Waals surface area contributed by atoms with Crippen molar-refractivity contribution in [1.29, 1.82) is 0 Å². The van der Waals surface area contributed by atoms with Gasteiger partial charge in [0.15, 0.2) is 0 Å². The molecule has 108 valence electrons. The Hall–Kier alpha value is -0.120. The van der Waals surface area contributed by atoms with Crippen molar-refractivity contribution >= 4 is 0 Å². The Labute approximate surface area is 113 Å². The first-order chi connectivity index (χ1) is 8.63. The lowest BCUT2D eigenvalue weighted by Gasteiger charge is -2.36. The molecule has 1 aliphatic rings. The molecule has 1 rings (SSSR count). The Bertz CT molecular complexity index is 209. The van der Waals surface area contributed by atoms with E-state index >= 15 is 0 Å². The van der Waals surface area contributed by atoms with E-state index in [0.717, 1.165) is 31.5 Å². The van der Waals surface area contributed by atoms with Gasteiger partial charge >= 0.3 is 0 Å². The predicted molar refractivity (Wildman–Crippen MR) is 78.0 cm³/mol. The van der Waals surface area contributed by atoms with Crippen LogP contribution in [-0.2, 0) is 4.74 Å². The minimum Gasteiger partial charge on any atom is -0.380 e. The molecule has 2 unspecified atom stereocenters. The molecule has 1 heterocycles. The molecule has 0 bridgehead atoms. The molecule has 0 aromatic rings. The van der Waals surface area contributed by atoms with Crippen molar-refractivity contribution in [3.05, 3.63) is 0 Å². The van der Waals surface area contributed by atoms with Gasteiger partial charge in [-0.25, -0.2) is 0 Å². The summed E-state index contributed by atoms with van der Waals surface area (Å²) in [4.78, 5) is 2.57. The summed E-state index contributed by atoms with van der Waals surface area (Å²) in [5, 5.41) is 3.51. The first-order valence-electron chi connectivity index (χ1n) is 7.59. The maximum absolute atomic E-state index is 5.55. The van der Waals surface area contributed by atoms with Crippen LogP contribution in [0.1, 0.15) is 40.0 Å². The number of hydrogen-bond donors (Lipinski definition) is 1. The number of unbranched alkanes of at least 4 members (excludes halogenated alkanes) is 1. The van der Waals surface area contributed by atoms with Crippen molar-refractivity contribution in [3.8, 4) is 0 Å². The van der Waals surface area contributed by atoms with Crippen molar-refractivity contribution in [2.45, 2.75) is 46.1 Å². The average Bonchev–Trinajstić information content (AvgIpc) is 2.35. The first kappa shape index (κ1) is 15.9. The molecule has 2 atom stereocenters. The molecule has 1 saturated heterocycles. The minimum atomic E-state index is 0.442. The highest BCUT2D eigenvalue weighted by molar-refractivity contribution is 4.78. The smallest absolute Gasteiger partial charge is 0.0724 e. The van der Waals surface area contributed by atoms with E-state index in [9.17, 15) is 0 Å². The van der Waals surface area contributed by atoms with Crippen LogP contribution in [0.3, 0.4) is 0 Å². The highest BCUT2D eigenvalue weighted by atomic mass is 16.5. The Morgan fingerprint density at radius 2 is 2.11 bits per heavy atom. The minimum absolute atomic E-state index is 0.442. The van der Waals surface area contributed by atoms with Gasteiger partial charge in [-0.2, -0.15) is 0 Å². The van der Waals surface area contributed by atoms with Crippen LogP contribution in [-0.4, -0.2) is 50.8 Å². The van der Waals surface area contributed by atoms with Crippen molar-refractivity contribution in [3.63, 3.8) is 0 Å². The highest BCUT2D eigenvalue weighted by Gasteiger charge is 2.25. The Morgan fingerprint density at radius 3 is 2.78 bits per heavy atom. The maximum atomic E-state index is 5.55. The second-order valence-corrected chi connectivity index (χ2v) is 6.15. The third kappa shape index (κ3) is 6.17. The summed E-state index contributed by atoms with van der Waals surface area (Å²) < 4.78 is 5.55. The number of nitrogens with zero attached hydrogens (tertiary/aromatic N) is 1. The van der Waals surface area contributed by atoms with Gasteiger partial charge in [0, 0.05) is 13.7 Å². The number of nitrogens with one attached hydrogen (secondary N) is 1. The molecule has 0 aromatic carbocycles. The van der Waals surface area contributed by atoms with Crippen LogP contribution in [0.5, 0.6) is 0 Å². The van der Waals surface area contributed by atoms with Gasteiger partial charge < -0.3 is 15.0 Å². The van der Waals surface area contributed by atoms with Gasteiger partial charge in [-0.3, -0.25) is 0 Å². The highest BCUT2D eigenvalue weighted by Crippen LogP contribution is 2.19. The molecule has 3 nitrogen and oxygen atoms in total.